The molecular weight excluding hydrogens is 344 g/mol. The van der Waals surface area contributed by atoms with Crippen LogP contribution in [0.25, 0.3) is 0 Å². The molecule has 1 aliphatic heterocycles. The van der Waals surface area contributed by atoms with E-state index in [9.17, 15) is 9.59 Å². The molecule has 0 aromatic carbocycles. The molecule has 3 fully saturated rings. The van der Waals surface area contributed by atoms with Gasteiger partial charge in [0.25, 0.3) is 0 Å². The van der Waals surface area contributed by atoms with Gasteiger partial charge in [-0.15, -0.1) is 0 Å². The number of nitrogens with one attached hydrogen (secondary N) is 1. The van der Waals surface area contributed by atoms with Gasteiger partial charge >= 0.3 is 0 Å². The van der Waals surface area contributed by atoms with Crippen LogP contribution < -0.4 is 5.32 Å². The second kappa shape index (κ2) is 7.98. The van der Waals surface area contributed by atoms with Crippen molar-refractivity contribution in [2.24, 2.45) is 11.8 Å². The molecule has 1 N–H and O–H groups in total. The van der Waals surface area contributed by atoms with Crippen molar-refractivity contribution in [2.75, 3.05) is 13.1 Å². The number of aromatic nitrogens is 2. The van der Waals surface area contributed by atoms with Crippen LogP contribution in [0.2, 0.25) is 0 Å². The maximum absolute atomic E-state index is 12.7. The first kappa shape index (κ1) is 18.4. The largest absolute Gasteiger partial charge is 0.351 e. The third-order valence-electron chi connectivity index (χ3n) is 6.34. The van der Waals surface area contributed by atoms with Crippen LogP contribution in [0, 0.1) is 18.8 Å². The monoisotopic (exact) mass is 374 g/mol. The summed E-state index contributed by atoms with van der Waals surface area (Å²) in [6.45, 7) is 3.02. The van der Waals surface area contributed by atoms with Crippen molar-refractivity contribution in [3.05, 3.63) is 11.7 Å². The molecule has 7 heteroatoms. The van der Waals surface area contributed by atoms with E-state index in [0.29, 0.717) is 31.2 Å². The van der Waals surface area contributed by atoms with E-state index in [1.807, 2.05) is 4.90 Å². The topological polar surface area (TPSA) is 88.3 Å². The van der Waals surface area contributed by atoms with Gasteiger partial charge in [-0.2, -0.15) is 4.98 Å². The van der Waals surface area contributed by atoms with Gasteiger partial charge in [-0.05, 0) is 38.5 Å². The summed E-state index contributed by atoms with van der Waals surface area (Å²) in [6, 6.07) is -0.151. The van der Waals surface area contributed by atoms with Crippen LogP contribution in [0.15, 0.2) is 4.52 Å². The van der Waals surface area contributed by atoms with Gasteiger partial charge in [-0.3, -0.25) is 9.59 Å². The van der Waals surface area contributed by atoms with Crippen LogP contribution in [-0.2, 0) is 9.59 Å². The lowest BCUT2D eigenvalue weighted by Gasteiger charge is -2.37. The van der Waals surface area contributed by atoms with Crippen LogP contribution in [0.5, 0.6) is 0 Å². The Hall–Kier alpha value is -1.92. The average Bonchev–Trinajstić information content (AvgIpc) is 3.22. The van der Waals surface area contributed by atoms with Gasteiger partial charge < -0.3 is 14.7 Å². The molecule has 0 unspecified atom stereocenters. The molecule has 1 saturated heterocycles. The van der Waals surface area contributed by atoms with Crippen LogP contribution in [0.4, 0.5) is 0 Å². The highest BCUT2D eigenvalue weighted by Crippen LogP contribution is 2.33. The molecule has 2 saturated carbocycles. The van der Waals surface area contributed by atoms with Crippen LogP contribution in [0.1, 0.15) is 75.4 Å². The summed E-state index contributed by atoms with van der Waals surface area (Å²) in [7, 11) is 0. The number of carbonyl (C=O) groups is 2. The van der Waals surface area contributed by atoms with Gasteiger partial charge in [0.2, 0.25) is 17.7 Å². The SMILES string of the molecule is Cc1noc([C@H]2CCN(C(=O)CCC3CCCC3)C[C@H]2NC(=O)C2CC2)n1. The summed E-state index contributed by atoms with van der Waals surface area (Å²) in [4.78, 5) is 31.4. The fourth-order valence-corrected chi connectivity index (χ4v) is 4.51. The molecule has 3 aliphatic rings. The zero-order valence-corrected chi connectivity index (χ0v) is 16.2. The van der Waals surface area contributed by atoms with Crippen molar-refractivity contribution in [3.63, 3.8) is 0 Å². The molecule has 0 radical (unpaired) electrons. The summed E-state index contributed by atoms with van der Waals surface area (Å²) in [5.41, 5.74) is 0. The van der Waals surface area contributed by atoms with Crippen molar-refractivity contribution in [1.29, 1.82) is 0 Å². The zero-order chi connectivity index (χ0) is 18.8. The normalized spacial score (nSPS) is 26.3. The number of carbonyl (C=O) groups excluding carboxylic acids is 2. The fraction of sp³-hybridized carbons (Fsp3) is 0.800. The second-order valence-electron chi connectivity index (χ2n) is 8.49. The van der Waals surface area contributed by atoms with E-state index in [1.165, 1.54) is 25.7 Å². The molecule has 2 aliphatic carbocycles. The summed E-state index contributed by atoms with van der Waals surface area (Å²) >= 11 is 0. The number of piperidine rings is 1. The first-order chi connectivity index (χ1) is 13.1. The Balaban J connectivity index is 1.39. The van der Waals surface area contributed by atoms with Gasteiger partial charge in [0.1, 0.15) is 0 Å². The van der Waals surface area contributed by atoms with Gasteiger partial charge in [-0.1, -0.05) is 30.8 Å². The van der Waals surface area contributed by atoms with E-state index >= 15 is 0 Å². The number of aryl methyl sites for hydroxylation is 1. The summed E-state index contributed by atoms with van der Waals surface area (Å²) < 4.78 is 5.39. The average molecular weight is 374 g/mol. The van der Waals surface area contributed by atoms with Crippen molar-refractivity contribution >= 4 is 11.8 Å². The third kappa shape index (κ3) is 4.50. The number of hydrogen-bond acceptors (Lipinski definition) is 5. The Labute approximate surface area is 160 Å². The first-order valence-corrected chi connectivity index (χ1v) is 10.5. The van der Waals surface area contributed by atoms with Gasteiger partial charge in [0, 0.05) is 25.4 Å². The molecule has 4 rings (SSSR count). The standard InChI is InChI=1S/C20H30N4O3/c1-13-21-20(27-23-13)16-10-11-24(12-17(16)22-19(26)15-7-8-15)18(25)9-6-14-4-2-3-5-14/h14-17H,2-12H2,1H3,(H,22,26)/t16-,17+/m0/s1. The molecule has 1 aromatic rings. The molecule has 7 nitrogen and oxygen atoms in total. The van der Waals surface area contributed by atoms with Crippen molar-refractivity contribution in [2.45, 2.75) is 76.7 Å². The molecule has 2 amide bonds. The van der Waals surface area contributed by atoms with Gasteiger partial charge in [0.15, 0.2) is 5.82 Å². The lowest BCUT2D eigenvalue weighted by atomic mass is 9.90. The van der Waals surface area contributed by atoms with E-state index in [0.717, 1.165) is 31.6 Å². The summed E-state index contributed by atoms with van der Waals surface area (Å²) in [5.74, 6) is 2.34. The van der Waals surface area contributed by atoms with Crippen LogP contribution in [-0.4, -0.2) is 46.0 Å². The molecule has 148 valence electrons. The molecule has 27 heavy (non-hydrogen) atoms. The number of rotatable bonds is 6. The highest BCUT2D eigenvalue weighted by Gasteiger charge is 2.39. The molecular formula is C20H30N4O3. The van der Waals surface area contributed by atoms with Crippen LogP contribution in [0.3, 0.4) is 0 Å². The Kier molecular flexibility index (Phi) is 5.45. The van der Waals surface area contributed by atoms with Gasteiger partial charge in [-0.25, -0.2) is 0 Å². The molecule has 2 atom stereocenters. The minimum Gasteiger partial charge on any atom is -0.351 e. The highest BCUT2D eigenvalue weighted by molar-refractivity contribution is 5.81. The lowest BCUT2D eigenvalue weighted by Crippen LogP contribution is -2.53. The Bertz CT molecular complexity index is 679. The van der Waals surface area contributed by atoms with Crippen molar-refractivity contribution in [3.8, 4) is 0 Å². The third-order valence-corrected chi connectivity index (χ3v) is 6.34. The first-order valence-electron chi connectivity index (χ1n) is 10.5. The quantitative estimate of drug-likeness (QED) is 0.827. The molecule has 1 aromatic heterocycles. The van der Waals surface area contributed by atoms with Crippen molar-refractivity contribution < 1.29 is 14.1 Å². The Morgan fingerprint density at radius 3 is 2.63 bits per heavy atom. The van der Waals surface area contributed by atoms with Crippen molar-refractivity contribution in [1.82, 2.24) is 20.4 Å². The molecule has 0 bridgehead atoms. The predicted octanol–water partition coefficient (Wildman–Crippen LogP) is 2.56. The van der Waals surface area contributed by atoms with E-state index in [-0.39, 0.29) is 29.7 Å². The van der Waals surface area contributed by atoms with E-state index in [2.05, 4.69) is 15.5 Å². The highest BCUT2D eigenvalue weighted by atomic mass is 16.5. The van der Waals surface area contributed by atoms with Crippen LogP contribution >= 0.6 is 0 Å². The summed E-state index contributed by atoms with van der Waals surface area (Å²) in [5, 5.41) is 7.06. The van der Waals surface area contributed by atoms with E-state index < -0.39 is 0 Å². The summed E-state index contributed by atoms with van der Waals surface area (Å²) in [6.07, 6.45) is 9.45. The maximum atomic E-state index is 12.7. The lowest BCUT2D eigenvalue weighted by molar-refractivity contribution is -0.134. The Morgan fingerprint density at radius 2 is 1.96 bits per heavy atom. The minimum absolute atomic E-state index is 0.0206. The number of amides is 2. The molecule has 2 heterocycles. The Morgan fingerprint density at radius 1 is 1.19 bits per heavy atom. The fourth-order valence-electron chi connectivity index (χ4n) is 4.51. The zero-order valence-electron chi connectivity index (χ0n) is 16.2. The smallest absolute Gasteiger partial charge is 0.231 e. The second-order valence-corrected chi connectivity index (χ2v) is 8.49. The predicted molar refractivity (Wildman–Crippen MR) is 98.8 cm³/mol. The number of nitrogens with zero attached hydrogens (tertiary/aromatic N) is 3. The number of likely N-dealkylation sites (tertiary alicyclic amines) is 1. The van der Waals surface area contributed by atoms with E-state index in [1.54, 1.807) is 6.92 Å². The number of hydrogen-bond donors (Lipinski definition) is 1. The van der Waals surface area contributed by atoms with E-state index in [4.69, 9.17) is 4.52 Å². The minimum atomic E-state index is -0.151. The molecule has 0 spiro atoms. The van der Waals surface area contributed by atoms with Gasteiger partial charge in [0.05, 0.1) is 12.0 Å². The maximum Gasteiger partial charge on any atom is 0.231 e.